The number of benzene rings is 1. The predicted molar refractivity (Wildman–Crippen MR) is 109 cm³/mol. The average Bonchev–Trinajstić information content (AvgIpc) is 2.73. The Balaban J connectivity index is 1.55. The van der Waals surface area contributed by atoms with Crippen molar-refractivity contribution in [3.05, 3.63) is 35.4 Å². The van der Waals surface area contributed by atoms with Gasteiger partial charge in [-0.05, 0) is 25.3 Å². The van der Waals surface area contributed by atoms with Crippen LogP contribution in [0, 0.1) is 12.8 Å². The normalized spacial score (nSPS) is 19.0. The van der Waals surface area contributed by atoms with Gasteiger partial charge in [0.25, 0.3) is 0 Å². The van der Waals surface area contributed by atoms with E-state index in [1.54, 1.807) is 0 Å². The minimum atomic E-state index is -0.340. The summed E-state index contributed by atoms with van der Waals surface area (Å²) >= 11 is 0. The summed E-state index contributed by atoms with van der Waals surface area (Å²) in [5.74, 6) is 0.0383. The zero-order valence-corrected chi connectivity index (χ0v) is 17.4. The highest BCUT2D eigenvalue weighted by Crippen LogP contribution is 2.24. The van der Waals surface area contributed by atoms with Crippen molar-refractivity contribution < 1.29 is 19.1 Å². The molecule has 1 N–H and O–H groups in total. The van der Waals surface area contributed by atoms with Crippen molar-refractivity contribution in [1.82, 2.24) is 15.1 Å². The maximum absolute atomic E-state index is 12.9. The Labute approximate surface area is 172 Å². The third kappa shape index (κ3) is 5.79. The van der Waals surface area contributed by atoms with Gasteiger partial charge < -0.3 is 19.9 Å². The maximum atomic E-state index is 12.9. The molecule has 2 fully saturated rings. The van der Waals surface area contributed by atoms with Crippen LogP contribution >= 0.6 is 0 Å². The Bertz CT molecular complexity index is 720. The first-order valence-electron chi connectivity index (χ1n) is 10.4. The summed E-state index contributed by atoms with van der Waals surface area (Å²) in [4.78, 5) is 40.9. The molecule has 3 rings (SSSR count). The van der Waals surface area contributed by atoms with Gasteiger partial charge in [-0.3, -0.25) is 14.4 Å². The van der Waals surface area contributed by atoms with E-state index < -0.39 is 0 Å². The van der Waals surface area contributed by atoms with E-state index in [-0.39, 0.29) is 36.1 Å². The highest BCUT2D eigenvalue weighted by atomic mass is 16.5. The van der Waals surface area contributed by atoms with Crippen LogP contribution in [0.5, 0.6) is 0 Å². The fourth-order valence-electron chi connectivity index (χ4n) is 4.02. The molecule has 1 aromatic carbocycles. The number of nitrogens with one attached hydrogen (secondary N) is 1. The fraction of sp³-hybridized carbons (Fsp3) is 0.591. The molecule has 7 heteroatoms. The number of nitrogens with zero attached hydrogens (tertiary/aromatic N) is 2. The molecule has 0 spiro atoms. The molecule has 2 heterocycles. The fourth-order valence-corrected chi connectivity index (χ4v) is 4.02. The summed E-state index contributed by atoms with van der Waals surface area (Å²) in [5.41, 5.74) is 2.06. The van der Waals surface area contributed by atoms with E-state index in [2.05, 4.69) is 5.32 Å². The molecule has 3 amide bonds. The van der Waals surface area contributed by atoms with Gasteiger partial charge in [0.2, 0.25) is 17.7 Å². The molecule has 0 aliphatic carbocycles. The van der Waals surface area contributed by atoms with Crippen molar-refractivity contribution >= 4 is 17.7 Å². The van der Waals surface area contributed by atoms with Gasteiger partial charge >= 0.3 is 0 Å². The average molecular weight is 402 g/mol. The number of likely N-dealkylation sites (tertiary alicyclic amines) is 1. The Morgan fingerprint density at radius 2 is 1.66 bits per heavy atom. The van der Waals surface area contributed by atoms with Crippen molar-refractivity contribution in [3.8, 4) is 0 Å². The third-order valence-corrected chi connectivity index (χ3v) is 5.76. The highest BCUT2D eigenvalue weighted by Gasteiger charge is 2.31. The quantitative estimate of drug-likeness (QED) is 0.814. The van der Waals surface area contributed by atoms with Gasteiger partial charge in [-0.25, -0.2) is 0 Å². The van der Waals surface area contributed by atoms with Crippen LogP contribution in [-0.2, 0) is 19.1 Å². The van der Waals surface area contributed by atoms with Gasteiger partial charge in [-0.1, -0.05) is 29.8 Å². The Morgan fingerprint density at radius 1 is 1.03 bits per heavy atom. The van der Waals surface area contributed by atoms with E-state index in [0.717, 1.165) is 11.1 Å². The largest absolute Gasteiger partial charge is 0.378 e. The molecule has 2 aliphatic heterocycles. The van der Waals surface area contributed by atoms with Crippen LogP contribution in [0.2, 0.25) is 0 Å². The van der Waals surface area contributed by atoms with Crippen LogP contribution < -0.4 is 5.32 Å². The van der Waals surface area contributed by atoms with E-state index in [1.165, 1.54) is 6.92 Å². The summed E-state index contributed by atoms with van der Waals surface area (Å²) in [6, 6.07) is 7.54. The van der Waals surface area contributed by atoms with Crippen molar-refractivity contribution in [2.75, 3.05) is 39.4 Å². The van der Waals surface area contributed by atoms with E-state index in [4.69, 9.17) is 4.74 Å². The van der Waals surface area contributed by atoms with E-state index in [9.17, 15) is 14.4 Å². The summed E-state index contributed by atoms with van der Waals surface area (Å²) in [6.07, 6.45) is 1.61. The number of ether oxygens (including phenoxy) is 1. The van der Waals surface area contributed by atoms with Crippen molar-refractivity contribution in [3.63, 3.8) is 0 Å². The standard InChI is InChI=1S/C22H31N3O4/c1-16-3-5-18(6-4-16)20(23-17(2)26)15-21(27)24-9-7-19(8-10-24)22(28)25-11-13-29-14-12-25/h3-6,19-20H,7-15H2,1-2H3,(H,23,26). The number of hydrogen-bond donors (Lipinski definition) is 1. The van der Waals surface area contributed by atoms with Gasteiger partial charge in [0.15, 0.2) is 0 Å². The predicted octanol–water partition coefficient (Wildman–Crippen LogP) is 1.66. The summed E-state index contributed by atoms with van der Waals surface area (Å²) < 4.78 is 5.32. The highest BCUT2D eigenvalue weighted by molar-refractivity contribution is 5.81. The van der Waals surface area contributed by atoms with E-state index in [1.807, 2.05) is 41.0 Å². The zero-order valence-electron chi connectivity index (χ0n) is 17.4. The number of morpholine rings is 1. The monoisotopic (exact) mass is 401 g/mol. The molecule has 0 bridgehead atoms. The smallest absolute Gasteiger partial charge is 0.225 e. The molecular weight excluding hydrogens is 370 g/mol. The lowest BCUT2D eigenvalue weighted by molar-refractivity contribution is -0.144. The molecule has 1 aromatic rings. The SMILES string of the molecule is CC(=O)NC(CC(=O)N1CCC(C(=O)N2CCOCC2)CC1)c1ccc(C)cc1. The Hall–Kier alpha value is -2.41. The molecule has 158 valence electrons. The molecule has 0 saturated carbocycles. The Morgan fingerprint density at radius 3 is 2.24 bits per heavy atom. The molecule has 0 radical (unpaired) electrons. The molecule has 1 atom stereocenters. The molecule has 2 aliphatic rings. The van der Waals surface area contributed by atoms with Crippen molar-refractivity contribution in [2.24, 2.45) is 5.92 Å². The molecule has 7 nitrogen and oxygen atoms in total. The summed E-state index contributed by atoms with van der Waals surface area (Å²) in [7, 11) is 0. The number of hydrogen-bond acceptors (Lipinski definition) is 4. The van der Waals surface area contributed by atoms with E-state index in [0.29, 0.717) is 52.2 Å². The first kappa shape index (κ1) is 21.3. The van der Waals surface area contributed by atoms with E-state index >= 15 is 0 Å². The number of carbonyl (C=O) groups excluding carboxylic acids is 3. The second-order valence-electron chi connectivity index (χ2n) is 7.96. The van der Waals surface area contributed by atoms with Gasteiger partial charge in [0, 0.05) is 39.0 Å². The number of piperidine rings is 1. The van der Waals surface area contributed by atoms with Crippen LogP contribution in [0.1, 0.15) is 43.4 Å². The molecule has 29 heavy (non-hydrogen) atoms. The topological polar surface area (TPSA) is 79.0 Å². The molecule has 2 saturated heterocycles. The summed E-state index contributed by atoms with van der Waals surface area (Å²) in [6.45, 7) is 7.17. The van der Waals surface area contributed by atoms with Crippen LogP contribution in [0.3, 0.4) is 0 Å². The molecule has 0 aromatic heterocycles. The summed E-state index contributed by atoms with van der Waals surface area (Å²) in [5, 5.41) is 2.90. The minimum Gasteiger partial charge on any atom is -0.378 e. The number of carbonyl (C=O) groups is 3. The minimum absolute atomic E-state index is 0.0135. The van der Waals surface area contributed by atoms with Crippen LogP contribution in [0.4, 0.5) is 0 Å². The van der Waals surface area contributed by atoms with Crippen LogP contribution in [0.15, 0.2) is 24.3 Å². The lowest BCUT2D eigenvalue weighted by Crippen LogP contribution is -2.48. The van der Waals surface area contributed by atoms with Crippen molar-refractivity contribution in [1.29, 1.82) is 0 Å². The second kappa shape index (κ2) is 9.87. The van der Waals surface area contributed by atoms with Crippen molar-refractivity contribution in [2.45, 2.75) is 39.2 Å². The first-order chi connectivity index (χ1) is 13.9. The van der Waals surface area contributed by atoms with Gasteiger partial charge in [0.1, 0.15) is 0 Å². The second-order valence-corrected chi connectivity index (χ2v) is 7.96. The number of amides is 3. The third-order valence-electron chi connectivity index (χ3n) is 5.76. The van der Waals surface area contributed by atoms with Gasteiger partial charge in [-0.2, -0.15) is 0 Å². The lowest BCUT2D eigenvalue weighted by Gasteiger charge is -2.36. The van der Waals surface area contributed by atoms with Gasteiger partial charge in [-0.15, -0.1) is 0 Å². The lowest BCUT2D eigenvalue weighted by atomic mass is 9.94. The Kier molecular flexibility index (Phi) is 7.25. The first-order valence-corrected chi connectivity index (χ1v) is 10.4. The molecular formula is C22H31N3O4. The maximum Gasteiger partial charge on any atom is 0.225 e. The number of aryl methyl sites for hydroxylation is 1. The molecule has 1 unspecified atom stereocenters. The van der Waals surface area contributed by atoms with Crippen LogP contribution in [0.25, 0.3) is 0 Å². The van der Waals surface area contributed by atoms with Gasteiger partial charge in [0.05, 0.1) is 25.7 Å². The van der Waals surface area contributed by atoms with Crippen LogP contribution in [-0.4, -0.2) is 66.9 Å². The number of rotatable bonds is 5. The zero-order chi connectivity index (χ0) is 20.8.